The fraction of sp³-hybridized carbons (Fsp3) is 0.550. The second kappa shape index (κ2) is 8.02. The predicted octanol–water partition coefficient (Wildman–Crippen LogP) is 3.01. The van der Waals surface area contributed by atoms with Gasteiger partial charge in [0.2, 0.25) is 0 Å². The number of ether oxygens (including phenoxy) is 1. The highest BCUT2D eigenvalue weighted by atomic mass is 16.5. The zero-order valence-corrected chi connectivity index (χ0v) is 14.8. The molecule has 3 rings (SSSR count). The van der Waals surface area contributed by atoms with Crippen molar-refractivity contribution in [2.24, 2.45) is 17.6 Å². The van der Waals surface area contributed by atoms with Crippen molar-refractivity contribution >= 4 is 10.9 Å². The van der Waals surface area contributed by atoms with E-state index in [-0.39, 0.29) is 18.3 Å². The van der Waals surface area contributed by atoms with Crippen molar-refractivity contribution in [2.75, 3.05) is 13.7 Å². The summed E-state index contributed by atoms with van der Waals surface area (Å²) in [6, 6.07) is 6.01. The summed E-state index contributed by atoms with van der Waals surface area (Å²) in [6.45, 7) is 0.121. The highest BCUT2D eigenvalue weighted by Gasteiger charge is 2.23. The van der Waals surface area contributed by atoms with Gasteiger partial charge in [0.15, 0.2) is 0 Å². The second-order valence-electron chi connectivity index (χ2n) is 7.27. The fourth-order valence-electron chi connectivity index (χ4n) is 3.96. The van der Waals surface area contributed by atoms with Crippen LogP contribution in [0.5, 0.6) is 11.5 Å². The van der Waals surface area contributed by atoms with Gasteiger partial charge in [-0.05, 0) is 68.6 Å². The van der Waals surface area contributed by atoms with E-state index in [4.69, 9.17) is 10.5 Å². The number of aliphatic hydroxyl groups excluding tert-OH is 1. The topological polar surface area (TPSA) is 88.6 Å². The van der Waals surface area contributed by atoms with Crippen LogP contribution in [0, 0.1) is 11.8 Å². The average molecular weight is 344 g/mol. The van der Waals surface area contributed by atoms with Gasteiger partial charge in [-0.1, -0.05) is 0 Å². The number of rotatable bonds is 6. The summed E-state index contributed by atoms with van der Waals surface area (Å²) in [5.41, 5.74) is 7.66. The van der Waals surface area contributed by atoms with Gasteiger partial charge >= 0.3 is 0 Å². The minimum absolute atomic E-state index is 0.121. The summed E-state index contributed by atoms with van der Waals surface area (Å²) in [4.78, 5) is 4.29. The van der Waals surface area contributed by atoms with E-state index in [0.717, 1.165) is 54.3 Å². The molecular weight excluding hydrogens is 316 g/mol. The second-order valence-corrected chi connectivity index (χ2v) is 7.27. The van der Waals surface area contributed by atoms with E-state index in [1.807, 2.05) is 18.2 Å². The number of aliphatic hydroxyl groups is 1. The number of fused-ring (bicyclic) bond motifs is 1. The van der Waals surface area contributed by atoms with Gasteiger partial charge in [0.25, 0.3) is 0 Å². The van der Waals surface area contributed by atoms with E-state index >= 15 is 0 Å². The number of aromatic nitrogens is 1. The third kappa shape index (κ3) is 4.22. The molecule has 0 radical (unpaired) electrons. The summed E-state index contributed by atoms with van der Waals surface area (Å²) in [6.07, 6.45) is 7.52. The number of hydrogen-bond donors (Lipinski definition) is 3. The van der Waals surface area contributed by atoms with E-state index in [2.05, 4.69) is 4.98 Å². The average Bonchev–Trinajstić information content (AvgIpc) is 2.64. The number of aromatic hydroxyl groups is 1. The maximum Gasteiger partial charge on any atom is 0.137 e. The Labute approximate surface area is 148 Å². The first-order chi connectivity index (χ1) is 12.1. The van der Waals surface area contributed by atoms with E-state index in [1.165, 1.54) is 6.20 Å². The number of nitrogens with two attached hydrogens (primary N) is 1. The molecule has 1 aromatic heterocycles. The summed E-state index contributed by atoms with van der Waals surface area (Å²) >= 11 is 0. The van der Waals surface area contributed by atoms with Gasteiger partial charge in [0, 0.05) is 23.6 Å². The first-order valence-corrected chi connectivity index (χ1v) is 9.11. The van der Waals surface area contributed by atoms with Crippen LogP contribution in [0.3, 0.4) is 0 Å². The zero-order chi connectivity index (χ0) is 17.8. The van der Waals surface area contributed by atoms with Crippen molar-refractivity contribution in [1.29, 1.82) is 0 Å². The lowest BCUT2D eigenvalue weighted by Gasteiger charge is -2.29. The van der Waals surface area contributed by atoms with Crippen molar-refractivity contribution < 1.29 is 14.9 Å². The molecule has 1 aliphatic carbocycles. The molecular formula is C20H28N2O3. The Morgan fingerprint density at radius 1 is 1.28 bits per heavy atom. The lowest BCUT2D eigenvalue weighted by molar-refractivity contribution is 0.181. The van der Waals surface area contributed by atoms with E-state index in [1.54, 1.807) is 7.11 Å². The first-order valence-electron chi connectivity index (χ1n) is 9.11. The minimum Gasteiger partial charge on any atom is -0.506 e. The minimum atomic E-state index is 0.121. The monoisotopic (exact) mass is 344 g/mol. The van der Waals surface area contributed by atoms with Gasteiger partial charge in [0.05, 0.1) is 18.8 Å². The van der Waals surface area contributed by atoms with Crippen molar-refractivity contribution in [2.45, 2.75) is 44.6 Å². The summed E-state index contributed by atoms with van der Waals surface area (Å²) in [7, 11) is 1.63. The molecule has 1 heterocycles. The number of nitrogens with zero attached hydrogens (tertiary/aromatic N) is 1. The molecule has 2 aromatic rings. The lowest BCUT2D eigenvalue weighted by Crippen LogP contribution is -2.28. The van der Waals surface area contributed by atoms with Crippen LogP contribution >= 0.6 is 0 Å². The molecule has 5 nitrogen and oxygen atoms in total. The van der Waals surface area contributed by atoms with Gasteiger partial charge in [-0.2, -0.15) is 0 Å². The normalized spacial score (nSPS) is 22.0. The Kier molecular flexibility index (Phi) is 5.76. The first kappa shape index (κ1) is 18.0. The lowest BCUT2D eigenvalue weighted by atomic mass is 9.79. The van der Waals surface area contributed by atoms with Crippen LogP contribution in [0.4, 0.5) is 0 Å². The molecule has 0 bridgehead atoms. The van der Waals surface area contributed by atoms with Gasteiger partial charge in [-0.25, -0.2) is 0 Å². The third-order valence-electron chi connectivity index (χ3n) is 5.47. The molecule has 0 aliphatic heterocycles. The van der Waals surface area contributed by atoms with Crippen LogP contribution in [0.25, 0.3) is 10.9 Å². The third-order valence-corrected chi connectivity index (χ3v) is 5.47. The number of methoxy groups -OCH3 is 1. The Hall–Kier alpha value is -1.85. The number of benzene rings is 1. The molecule has 1 unspecified atom stereocenters. The molecule has 0 spiro atoms. The molecule has 4 N–H and O–H groups in total. The molecule has 1 aromatic carbocycles. The van der Waals surface area contributed by atoms with Crippen LogP contribution in [-0.2, 0) is 6.42 Å². The SMILES string of the molecule is COc1ccc2ncc(O)c(CC(CO)CC3CCC(N)CC3)c2c1. The largest absolute Gasteiger partial charge is 0.506 e. The van der Waals surface area contributed by atoms with Crippen LogP contribution in [0.2, 0.25) is 0 Å². The van der Waals surface area contributed by atoms with Crippen molar-refractivity contribution in [1.82, 2.24) is 4.98 Å². The molecule has 1 aliphatic rings. The number of pyridine rings is 1. The molecule has 0 amide bonds. The standard InChI is InChI=1S/C20H28N2O3/c1-25-16-6-7-19-17(10-16)18(20(24)11-22-19)9-14(12-23)8-13-2-4-15(21)5-3-13/h6-7,10-11,13-15,23-24H,2-5,8-9,12,21H2,1H3. The Morgan fingerprint density at radius 3 is 2.72 bits per heavy atom. The summed E-state index contributed by atoms with van der Waals surface area (Å²) in [5.74, 6) is 1.66. The molecule has 136 valence electrons. The predicted molar refractivity (Wildman–Crippen MR) is 98.8 cm³/mol. The molecule has 25 heavy (non-hydrogen) atoms. The van der Waals surface area contributed by atoms with Gasteiger partial charge < -0.3 is 20.7 Å². The highest BCUT2D eigenvalue weighted by molar-refractivity contribution is 5.85. The zero-order valence-electron chi connectivity index (χ0n) is 14.8. The van der Waals surface area contributed by atoms with E-state index in [9.17, 15) is 10.2 Å². The van der Waals surface area contributed by atoms with Crippen LogP contribution in [0.1, 0.15) is 37.7 Å². The van der Waals surface area contributed by atoms with Gasteiger partial charge in [-0.3, -0.25) is 4.98 Å². The Bertz CT molecular complexity index is 711. The molecule has 1 fully saturated rings. The number of hydrogen-bond acceptors (Lipinski definition) is 5. The smallest absolute Gasteiger partial charge is 0.137 e. The fourth-order valence-corrected chi connectivity index (χ4v) is 3.96. The maximum absolute atomic E-state index is 10.4. The van der Waals surface area contributed by atoms with Crippen LogP contribution in [-0.4, -0.2) is 35.0 Å². The summed E-state index contributed by atoms with van der Waals surface area (Å²) in [5, 5.41) is 21.1. The van der Waals surface area contributed by atoms with Crippen molar-refractivity contribution in [3.05, 3.63) is 30.0 Å². The van der Waals surface area contributed by atoms with E-state index in [0.29, 0.717) is 18.4 Å². The Morgan fingerprint density at radius 2 is 2.04 bits per heavy atom. The molecule has 0 saturated heterocycles. The highest BCUT2D eigenvalue weighted by Crippen LogP contribution is 2.34. The van der Waals surface area contributed by atoms with Gasteiger partial charge in [-0.15, -0.1) is 0 Å². The molecule has 1 saturated carbocycles. The van der Waals surface area contributed by atoms with E-state index < -0.39 is 0 Å². The van der Waals surface area contributed by atoms with Crippen LogP contribution < -0.4 is 10.5 Å². The quantitative estimate of drug-likeness (QED) is 0.750. The maximum atomic E-state index is 10.4. The van der Waals surface area contributed by atoms with Gasteiger partial charge in [0.1, 0.15) is 11.5 Å². The molecule has 5 heteroatoms. The summed E-state index contributed by atoms with van der Waals surface area (Å²) < 4.78 is 5.31. The molecule has 1 atom stereocenters. The van der Waals surface area contributed by atoms with Crippen molar-refractivity contribution in [3.63, 3.8) is 0 Å². The van der Waals surface area contributed by atoms with Crippen LogP contribution in [0.15, 0.2) is 24.4 Å². The Balaban J connectivity index is 1.81. The van der Waals surface area contributed by atoms with Crippen molar-refractivity contribution in [3.8, 4) is 11.5 Å².